The zero-order valence-corrected chi connectivity index (χ0v) is 27.9. The predicted molar refractivity (Wildman–Crippen MR) is 208 cm³/mol. The second-order valence-electron chi connectivity index (χ2n) is 12.1. The Kier molecular flexibility index (Phi) is 7.25. The second kappa shape index (κ2) is 12.2. The van der Waals surface area contributed by atoms with E-state index in [4.69, 9.17) is 9.97 Å². The molecular formula is C44H29BrN4. The number of nitrogens with zero attached hydrogens (tertiary/aromatic N) is 2. The zero-order chi connectivity index (χ0) is 32.7. The van der Waals surface area contributed by atoms with Crippen molar-refractivity contribution in [3.63, 3.8) is 0 Å². The molecule has 49 heavy (non-hydrogen) atoms. The van der Waals surface area contributed by atoms with Crippen molar-refractivity contribution < 1.29 is 0 Å². The van der Waals surface area contributed by atoms with E-state index in [2.05, 4.69) is 165 Å². The highest BCUT2D eigenvalue weighted by Gasteiger charge is 2.21. The van der Waals surface area contributed by atoms with Crippen LogP contribution in [0, 0.1) is 0 Å². The summed E-state index contributed by atoms with van der Waals surface area (Å²) in [6.07, 6.45) is 6.40. The number of hydrogen-bond donors (Lipinski definition) is 2. The first-order valence-electron chi connectivity index (χ1n) is 16.3. The lowest BCUT2D eigenvalue weighted by atomic mass is 10.0. The van der Waals surface area contributed by atoms with Gasteiger partial charge in [-0.1, -0.05) is 121 Å². The molecule has 0 amide bonds. The highest BCUT2D eigenvalue weighted by atomic mass is 79.9. The molecule has 8 bridgehead atoms. The molecule has 0 atom stereocenters. The smallest absolute Gasteiger partial charge is 0.0879 e. The van der Waals surface area contributed by atoms with Gasteiger partial charge in [-0.15, -0.1) is 0 Å². The largest absolute Gasteiger partial charge is 0.354 e. The second-order valence-corrected chi connectivity index (χ2v) is 12.9. The summed E-state index contributed by atoms with van der Waals surface area (Å²) in [5.74, 6) is 0. The maximum atomic E-state index is 5.40. The van der Waals surface area contributed by atoms with Crippen LogP contribution in [0.2, 0.25) is 0 Å². The van der Waals surface area contributed by atoms with Crippen molar-refractivity contribution in [2.75, 3.05) is 0 Å². The van der Waals surface area contributed by atoms with Crippen LogP contribution in [0.3, 0.4) is 0 Å². The van der Waals surface area contributed by atoms with Gasteiger partial charge in [0, 0.05) is 48.8 Å². The average molecular weight is 694 g/mol. The van der Waals surface area contributed by atoms with Crippen molar-refractivity contribution in [2.24, 2.45) is 0 Å². The van der Waals surface area contributed by atoms with Crippen LogP contribution in [0.4, 0.5) is 0 Å². The van der Waals surface area contributed by atoms with Gasteiger partial charge in [0.2, 0.25) is 0 Å². The van der Waals surface area contributed by atoms with Crippen LogP contribution in [-0.4, -0.2) is 19.9 Å². The molecule has 4 aromatic carbocycles. The van der Waals surface area contributed by atoms with E-state index in [0.717, 1.165) is 93.8 Å². The fraction of sp³-hybridized carbons (Fsp3) is 0. The molecular weight excluding hydrogens is 664 g/mol. The minimum absolute atomic E-state index is 0.869. The molecule has 2 aliphatic heterocycles. The van der Waals surface area contributed by atoms with Crippen LogP contribution in [0.25, 0.3) is 89.3 Å². The monoisotopic (exact) mass is 692 g/mol. The van der Waals surface area contributed by atoms with Crippen LogP contribution in [0.15, 0.2) is 146 Å². The number of benzene rings is 4. The summed E-state index contributed by atoms with van der Waals surface area (Å²) in [4.78, 5) is 18.4. The minimum atomic E-state index is 0.869. The Morgan fingerprint density at radius 1 is 0.367 bits per heavy atom. The quantitative estimate of drug-likeness (QED) is 0.193. The third-order valence-electron chi connectivity index (χ3n) is 9.07. The highest BCUT2D eigenvalue weighted by molar-refractivity contribution is 9.15. The third kappa shape index (κ3) is 5.25. The van der Waals surface area contributed by atoms with Gasteiger partial charge in [0.1, 0.15) is 0 Å². The lowest BCUT2D eigenvalue weighted by molar-refractivity contribution is 1.31. The molecule has 0 saturated heterocycles. The van der Waals surface area contributed by atoms with Crippen molar-refractivity contribution >= 4 is 60.7 Å². The fourth-order valence-corrected chi connectivity index (χ4v) is 7.38. The molecule has 0 aliphatic carbocycles. The van der Waals surface area contributed by atoms with Gasteiger partial charge >= 0.3 is 0 Å². The summed E-state index contributed by atoms with van der Waals surface area (Å²) in [5.41, 5.74) is 15.9. The van der Waals surface area contributed by atoms with Crippen LogP contribution in [0.5, 0.6) is 0 Å². The fourth-order valence-electron chi connectivity index (χ4n) is 6.88. The van der Waals surface area contributed by atoms with E-state index >= 15 is 0 Å². The van der Waals surface area contributed by atoms with Gasteiger partial charge in [0.25, 0.3) is 0 Å². The molecule has 2 N–H and O–H groups in total. The molecule has 232 valence electrons. The Morgan fingerprint density at radius 3 is 1.12 bits per heavy atom. The highest BCUT2D eigenvalue weighted by Crippen LogP contribution is 2.41. The molecule has 9 rings (SSSR count). The molecule has 5 heterocycles. The van der Waals surface area contributed by atoms with Crippen LogP contribution < -0.4 is 0 Å². The van der Waals surface area contributed by atoms with Gasteiger partial charge in [-0.25, -0.2) is 9.97 Å². The maximum Gasteiger partial charge on any atom is 0.0879 e. The predicted octanol–water partition coefficient (Wildman–Crippen LogP) is 12.0. The van der Waals surface area contributed by atoms with Gasteiger partial charge in [0.05, 0.1) is 22.8 Å². The summed E-state index contributed by atoms with van der Waals surface area (Å²) < 4.78 is 0.924. The number of halogens is 1. The summed E-state index contributed by atoms with van der Waals surface area (Å²) >= 11 is 3.95. The zero-order valence-electron chi connectivity index (χ0n) is 26.4. The van der Waals surface area contributed by atoms with Crippen molar-refractivity contribution in [1.82, 2.24) is 19.9 Å². The lowest BCUT2D eigenvalue weighted by Crippen LogP contribution is -1.90. The Labute approximate surface area is 292 Å². The molecule has 7 aromatic rings. The molecule has 0 radical (unpaired) electrons. The first-order valence-corrected chi connectivity index (χ1v) is 17.1. The number of aromatic nitrogens is 4. The van der Waals surface area contributed by atoms with Crippen molar-refractivity contribution in [2.45, 2.75) is 0 Å². The summed E-state index contributed by atoms with van der Waals surface area (Å²) in [7, 11) is 0. The third-order valence-corrected chi connectivity index (χ3v) is 9.67. The molecule has 0 spiro atoms. The summed E-state index contributed by atoms with van der Waals surface area (Å²) in [6, 6.07) is 50.6. The molecule has 0 fully saturated rings. The van der Waals surface area contributed by atoms with Crippen LogP contribution >= 0.6 is 15.9 Å². The number of H-pyrrole nitrogens is 2. The topological polar surface area (TPSA) is 57.4 Å². The maximum absolute atomic E-state index is 5.40. The van der Waals surface area contributed by atoms with Crippen molar-refractivity contribution in [1.29, 1.82) is 0 Å². The summed E-state index contributed by atoms with van der Waals surface area (Å²) in [6.45, 7) is 0. The van der Waals surface area contributed by atoms with Crippen molar-refractivity contribution in [3.05, 3.63) is 168 Å². The van der Waals surface area contributed by atoms with E-state index in [-0.39, 0.29) is 0 Å². The van der Waals surface area contributed by atoms with Gasteiger partial charge in [-0.05, 0) is 80.7 Å². The average Bonchev–Trinajstić information content (AvgIpc) is 3.98. The number of nitrogens with one attached hydrogen (secondary N) is 2. The van der Waals surface area contributed by atoms with E-state index in [1.54, 1.807) is 0 Å². The standard InChI is InChI=1S/C44H29BrN4/c45-32-27-39-42(30-17-9-3-10-18-30)37-24-23-35(47-37)40(28-13-5-1-6-14-28)33-21-22-34(46-33)41(29-15-7-2-8-16-29)36-25-26-38(48-36)43(44(32)49-39)31-19-11-4-12-20-31/h1-27,47-48H. The van der Waals surface area contributed by atoms with Gasteiger partial charge < -0.3 is 9.97 Å². The minimum Gasteiger partial charge on any atom is -0.354 e. The molecule has 3 aromatic heterocycles. The van der Waals surface area contributed by atoms with E-state index in [0.29, 0.717) is 0 Å². The first-order chi connectivity index (χ1) is 24.2. The summed E-state index contributed by atoms with van der Waals surface area (Å²) in [5, 5.41) is 0. The van der Waals surface area contributed by atoms with E-state index in [1.807, 2.05) is 24.3 Å². The SMILES string of the molecule is BrC1=Cc2nc1c(-c1ccccc1)c1ccc([nH]1)c(-c1ccccc1)c1nc(c(-c3ccccc3)c3ccc([nH]3)c2-c2ccccc2)C=C1. The first kappa shape index (κ1) is 29.1. The molecule has 0 unspecified atom stereocenters. The van der Waals surface area contributed by atoms with Gasteiger partial charge in [0.15, 0.2) is 0 Å². The van der Waals surface area contributed by atoms with Gasteiger partial charge in [-0.2, -0.15) is 0 Å². The molecule has 5 heteroatoms. The van der Waals surface area contributed by atoms with E-state index in [1.165, 1.54) is 0 Å². The van der Waals surface area contributed by atoms with Crippen LogP contribution in [0.1, 0.15) is 22.8 Å². The van der Waals surface area contributed by atoms with Gasteiger partial charge in [-0.3, -0.25) is 0 Å². The Bertz CT molecular complexity index is 2580. The Hall–Kier alpha value is -6.04. The Balaban J connectivity index is 1.50. The number of fused-ring (bicyclic) bond motifs is 8. The number of rotatable bonds is 4. The normalized spacial score (nSPS) is 12.2. The van der Waals surface area contributed by atoms with Crippen LogP contribution in [-0.2, 0) is 0 Å². The van der Waals surface area contributed by atoms with E-state index in [9.17, 15) is 0 Å². The molecule has 4 nitrogen and oxygen atoms in total. The molecule has 2 aliphatic rings. The van der Waals surface area contributed by atoms with Crippen molar-refractivity contribution in [3.8, 4) is 44.5 Å². The molecule has 0 saturated carbocycles. The lowest BCUT2D eigenvalue weighted by Gasteiger charge is -2.07. The van der Waals surface area contributed by atoms with E-state index < -0.39 is 0 Å². The number of hydrogen-bond acceptors (Lipinski definition) is 2. The number of aromatic amines is 2. The Morgan fingerprint density at radius 2 is 0.714 bits per heavy atom.